The second-order valence-electron chi connectivity index (χ2n) is 6.41. The summed E-state index contributed by atoms with van der Waals surface area (Å²) >= 11 is 0. The van der Waals surface area contributed by atoms with Crippen LogP contribution in [0, 0.1) is 6.92 Å². The molecule has 2 aromatic heterocycles. The quantitative estimate of drug-likeness (QED) is 0.860. The molecule has 0 atom stereocenters. The molecule has 7 nitrogen and oxygen atoms in total. The van der Waals surface area contributed by atoms with Gasteiger partial charge in [0.15, 0.2) is 5.82 Å². The lowest BCUT2D eigenvalue weighted by atomic mass is 9.96. The van der Waals surface area contributed by atoms with E-state index in [4.69, 9.17) is 9.05 Å². The largest absolute Gasteiger partial charge is 0.361 e. The fourth-order valence-corrected chi connectivity index (χ4v) is 2.78. The third-order valence-corrected chi connectivity index (χ3v) is 4.17. The molecular formula is C16H22N4O3. The van der Waals surface area contributed by atoms with E-state index in [9.17, 15) is 4.79 Å². The van der Waals surface area contributed by atoms with Crippen LogP contribution in [0.1, 0.15) is 61.7 Å². The molecule has 1 saturated heterocycles. The standard InChI is InChI=1S/C16H22N4O3/c1-10(2)15-17-16(23-19-15)12-4-6-20(7-5-12)14(21)9-13-8-11(3)18-22-13/h8,10,12H,4-7,9H2,1-3H3. The summed E-state index contributed by atoms with van der Waals surface area (Å²) < 4.78 is 10.5. The lowest BCUT2D eigenvalue weighted by Gasteiger charge is -2.30. The first kappa shape index (κ1) is 15.7. The first-order chi connectivity index (χ1) is 11.0. The van der Waals surface area contributed by atoms with Crippen molar-refractivity contribution in [2.24, 2.45) is 0 Å². The van der Waals surface area contributed by atoms with Gasteiger partial charge in [-0.05, 0) is 19.8 Å². The first-order valence-corrected chi connectivity index (χ1v) is 8.06. The summed E-state index contributed by atoms with van der Waals surface area (Å²) in [5, 5.41) is 7.83. The van der Waals surface area contributed by atoms with Crippen LogP contribution >= 0.6 is 0 Å². The van der Waals surface area contributed by atoms with Gasteiger partial charge in [0.25, 0.3) is 0 Å². The lowest BCUT2D eigenvalue weighted by molar-refractivity contribution is -0.131. The van der Waals surface area contributed by atoms with Gasteiger partial charge in [-0.15, -0.1) is 0 Å². The zero-order valence-electron chi connectivity index (χ0n) is 13.8. The number of hydrogen-bond acceptors (Lipinski definition) is 6. The number of hydrogen-bond donors (Lipinski definition) is 0. The number of carbonyl (C=O) groups excluding carboxylic acids is 1. The zero-order chi connectivity index (χ0) is 16.4. The number of aromatic nitrogens is 3. The Balaban J connectivity index is 1.54. The number of piperidine rings is 1. The van der Waals surface area contributed by atoms with E-state index in [2.05, 4.69) is 15.3 Å². The molecule has 1 amide bonds. The number of amides is 1. The number of carbonyl (C=O) groups is 1. The van der Waals surface area contributed by atoms with Gasteiger partial charge < -0.3 is 13.9 Å². The molecule has 1 aliphatic heterocycles. The van der Waals surface area contributed by atoms with Crippen molar-refractivity contribution in [1.29, 1.82) is 0 Å². The van der Waals surface area contributed by atoms with Crippen LogP contribution in [0.15, 0.2) is 15.1 Å². The molecule has 0 radical (unpaired) electrons. The van der Waals surface area contributed by atoms with Gasteiger partial charge >= 0.3 is 0 Å². The molecule has 0 aliphatic carbocycles. The highest BCUT2D eigenvalue weighted by Crippen LogP contribution is 2.28. The van der Waals surface area contributed by atoms with E-state index < -0.39 is 0 Å². The number of aryl methyl sites for hydroxylation is 1. The van der Waals surface area contributed by atoms with Crippen molar-refractivity contribution in [3.63, 3.8) is 0 Å². The Kier molecular flexibility index (Phi) is 4.45. The van der Waals surface area contributed by atoms with Gasteiger partial charge in [0, 0.05) is 31.0 Å². The van der Waals surface area contributed by atoms with Crippen molar-refractivity contribution in [3.8, 4) is 0 Å². The van der Waals surface area contributed by atoms with Crippen LogP contribution < -0.4 is 0 Å². The molecule has 2 aromatic rings. The summed E-state index contributed by atoms with van der Waals surface area (Å²) in [6.07, 6.45) is 1.96. The average molecular weight is 318 g/mol. The highest BCUT2D eigenvalue weighted by atomic mass is 16.5. The molecule has 7 heteroatoms. The molecule has 3 rings (SSSR count). The Morgan fingerprint density at radius 3 is 2.61 bits per heavy atom. The molecule has 1 aliphatic rings. The van der Waals surface area contributed by atoms with Crippen LogP contribution in [0.5, 0.6) is 0 Å². The maximum absolute atomic E-state index is 12.3. The minimum Gasteiger partial charge on any atom is -0.361 e. The van der Waals surface area contributed by atoms with Crippen LogP contribution in [0.3, 0.4) is 0 Å². The van der Waals surface area contributed by atoms with Gasteiger partial charge in [0.2, 0.25) is 11.8 Å². The molecule has 124 valence electrons. The minimum atomic E-state index is 0.0769. The maximum Gasteiger partial charge on any atom is 0.230 e. The molecule has 0 bridgehead atoms. The summed E-state index contributed by atoms with van der Waals surface area (Å²) in [5.41, 5.74) is 0.795. The van der Waals surface area contributed by atoms with Gasteiger partial charge in [0.05, 0.1) is 12.1 Å². The molecule has 0 N–H and O–H groups in total. The Labute approximate surface area is 135 Å². The van der Waals surface area contributed by atoms with Crippen LogP contribution in [0.25, 0.3) is 0 Å². The second-order valence-corrected chi connectivity index (χ2v) is 6.41. The van der Waals surface area contributed by atoms with Crippen molar-refractivity contribution in [2.75, 3.05) is 13.1 Å². The third-order valence-electron chi connectivity index (χ3n) is 4.17. The highest BCUT2D eigenvalue weighted by molar-refractivity contribution is 5.78. The fourth-order valence-electron chi connectivity index (χ4n) is 2.78. The van der Waals surface area contributed by atoms with Gasteiger partial charge in [-0.25, -0.2) is 0 Å². The molecular weight excluding hydrogens is 296 g/mol. The molecule has 0 unspecified atom stereocenters. The van der Waals surface area contributed by atoms with Crippen LogP contribution in [-0.4, -0.2) is 39.2 Å². The molecule has 0 saturated carbocycles. The van der Waals surface area contributed by atoms with Crippen molar-refractivity contribution in [3.05, 3.63) is 29.2 Å². The van der Waals surface area contributed by atoms with Crippen LogP contribution in [0.4, 0.5) is 0 Å². The van der Waals surface area contributed by atoms with E-state index >= 15 is 0 Å². The number of likely N-dealkylation sites (tertiary alicyclic amines) is 1. The molecule has 0 aromatic carbocycles. The van der Waals surface area contributed by atoms with Crippen molar-refractivity contribution >= 4 is 5.91 Å². The fraction of sp³-hybridized carbons (Fsp3) is 0.625. The number of rotatable bonds is 4. The van der Waals surface area contributed by atoms with Crippen LogP contribution in [0.2, 0.25) is 0 Å². The summed E-state index contributed by atoms with van der Waals surface area (Å²) in [5.74, 6) is 2.65. The SMILES string of the molecule is Cc1cc(CC(=O)N2CCC(c3nc(C(C)C)no3)CC2)on1. The maximum atomic E-state index is 12.3. The number of nitrogens with zero attached hydrogens (tertiary/aromatic N) is 4. The van der Waals surface area contributed by atoms with Gasteiger partial charge in [0.1, 0.15) is 5.76 Å². The van der Waals surface area contributed by atoms with E-state index in [0.29, 0.717) is 24.7 Å². The molecule has 0 spiro atoms. The van der Waals surface area contributed by atoms with Gasteiger partial charge in [-0.3, -0.25) is 4.79 Å². The van der Waals surface area contributed by atoms with E-state index in [0.717, 1.165) is 24.4 Å². The topological polar surface area (TPSA) is 85.3 Å². The zero-order valence-corrected chi connectivity index (χ0v) is 13.8. The first-order valence-electron chi connectivity index (χ1n) is 8.06. The lowest BCUT2D eigenvalue weighted by Crippen LogP contribution is -2.38. The Bertz CT molecular complexity index is 668. The summed E-state index contributed by atoms with van der Waals surface area (Å²) in [7, 11) is 0. The van der Waals surface area contributed by atoms with E-state index in [-0.39, 0.29) is 24.2 Å². The third kappa shape index (κ3) is 3.60. The smallest absolute Gasteiger partial charge is 0.230 e. The van der Waals surface area contributed by atoms with Gasteiger partial charge in [-0.1, -0.05) is 24.2 Å². The van der Waals surface area contributed by atoms with Crippen molar-refractivity contribution in [1.82, 2.24) is 20.2 Å². The summed E-state index contributed by atoms with van der Waals surface area (Å²) in [6, 6.07) is 1.80. The second kappa shape index (κ2) is 6.52. The van der Waals surface area contributed by atoms with E-state index in [1.165, 1.54) is 0 Å². The Morgan fingerprint density at radius 1 is 1.30 bits per heavy atom. The average Bonchev–Trinajstić information content (AvgIpc) is 3.17. The van der Waals surface area contributed by atoms with Gasteiger partial charge in [-0.2, -0.15) is 4.98 Å². The van der Waals surface area contributed by atoms with Crippen molar-refractivity contribution < 1.29 is 13.8 Å². The summed E-state index contributed by atoms with van der Waals surface area (Å²) in [6.45, 7) is 7.34. The Morgan fingerprint density at radius 2 is 2.04 bits per heavy atom. The monoisotopic (exact) mass is 318 g/mol. The van der Waals surface area contributed by atoms with Crippen LogP contribution in [-0.2, 0) is 11.2 Å². The molecule has 1 fully saturated rings. The van der Waals surface area contributed by atoms with Crippen molar-refractivity contribution in [2.45, 2.75) is 51.9 Å². The summed E-state index contributed by atoms with van der Waals surface area (Å²) in [4.78, 5) is 18.6. The van der Waals surface area contributed by atoms with E-state index in [1.54, 1.807) is 6.07 Å². The molecule has 3 heterocycles. The van der Waals surface area contributed by atoms with E-state index in [1.807, 2.05) is 25.7 Å². The predicted octanol–water partition coefficient (Wildman–Crippen LogP) is 2.44. The molecule has 23 heavy (non-hydrogen) atoms. The minimum absolute atomic E-state index is 0.0769. The highest BCUT2D eigenvalue weighted by Gasteiger charge is 2.28. The Hall–Kier alpha value is -2.18. The normalized spacial score (nSPS) is 16.3. The predicted molar refractivity (Wildman–Crippen MR) is 81.9 cm³/mol.